The van der Waals surface area contributed by atoms with Gasteiger partial charge in [0.25, 0.3) is 0 Å². The van der Waals surface area contributed by atoms with E-state index >= 15 is 0 Å². The second kappa shape index (κ2) is 3.87. The van der Waals surface area contributed by atoms with E-state index in [0.717, 1.165) is 0 Å². The summed E-state index contributed by atoms with van der Waals surface area (Å²) >= 11 is 0. The summed E-state index contributed by atoms with van der Waals surface area (Å²) in [6.07, 6.45) is -1.77. The second-order valence-corrected chi connectivity index (χ2v) is 4.03. The number of cyclic esters (lactones) is 1. The lowest BCUT2D eigenvalue weighted by atomic mass is 9.96. The van der Waals surface area contributed by atoms with Gasteiger partial charge in [0, 0.05) is 5.92 Å². The molecular weight excluding hydrogens is 209 g/mol. The highest BCUT2D eigenvalue weighted by molar-refractivity contribution is 5.72. The molecular formula is C10H13F3O2. The van der Waals surface area contributed by atoms with Crippen LogP contribution < -0.4 is 0 Å². The molecule has 0 bridgehead atoms. The van der Waals surface area contributed by atoms with Crippen LogP contribution in [0, 0.1) is 5.92 Å². The first-order valence-electron chi connectivity index (χ1n) is 4.67. The Kier molecular flexibility index (Phi) is 3.11. The molecule has 86 valence electrons. The largest absolute Gasteiger partial charge is 0.455 e. The van der Waals surface area contributed by atoms with Crippen LogP contribution in [-0.4, -0.2) is 18.0 Å². The summed E-state index contributed by atoms with van der Waals surface area (Å²) in [6.45, 7) is 3.96. The van der Waals surface area contributed by atoms with Crippen molar-refractivity contribution < 1.29 is 22.7 Å². The van der Waals surface area contributed by atoms with E-state index in [1.54, 1.807) is 0 Å². The van der Waals surface area contributed by atoms with Crippen LogP contribution in [0.5, 0.6) is 0 Å². The van der Waals surface area contributed by atoms with Crippen molar-refractivity contribution in [2.24, 2.45) is 5.92 Å². The van der Waals surface area contributed by atoms with E-state index in [2.05, 4.69) is 4.74 Å². The fourth-order valence-corrected chi connectivity index (χ4v) is 1.57. The first-order chi connectivity index (χ1) is 6.76. The van der Waals surface area contributed by atoms with Gasteiger partial charge in [0.1, 0.15) is 0 Å². The number of alkyl halides is 2. The number of hydrogen-bond acceptors (Lipinski definition) is 2. The molecule has 1 aliphatic heterocycles. The van der Waals surface area contributed by atoms with Crippen molar-refractivity contribution >= 4 is 5.97 Å². The Hall–Kier alpha value is -1.00. The number of allylic oxidation sites excluding steroid dienone is 1. The zero-order valence-electron chi connectivity index (χ0n) is 8.81. The van der Waals surface area contributed by atoms with Gasteiger partial charge in [-0.15, -0.1) is 0 Å². The lowest BCUT2D eigenvalue weighted by Gasteiger charge is -2.24. The first kappa shape index (κ1) is 12.1. The van der Waals surface area contributed by atoms with Crippen molar-refractivity contribution in [2.75, 3.05) is 0 Å². The van der Waals surface area contributed by atoms with E-state index in [1.807, 2.05) is 0 Å². The smallest absolute Gasteiger partial charge is 0.334 e. The van der Waals surface area contributed by atoms with E-state index in [0.29, 0.717) is 0 Å². The molecule has 0 aromatic heterocycles. The fourth-order valence-electron chi connectivity index (χ4n) is 1.57. The zero-order chi connectivity index (χ0) is 11.8. The van der Waals surface area contributed by atoms with Crippen LogP contribution in [0.1, 0.15) is 27.2 Å². The molecule has 1 heterocycles. The van der Waals surface area contributed by atoms with Gasteiger partial charge in [-0.25, -0.2) is 4.39 Å². The number of carbonyl (C=O) groups excluding carboxylic acids is 1. The third kappa shape index (κ3) is 2.16. The summed E-state index contributed by atoms with van der Waals surface area (Å²) in [6, 6.07) is 0. The average molecular weight is 222 g/mol. The van der Waals surface area contributed by atoms with Crippen molar-refractivity contribution in [3.05, 3.63) is 11.4 Å². The Balaban J connectivity index is 2.96. The lowest BCUT2D eigenvalue weighted by Crippen LogP contribution is -2.38. The highest BCUT2D eigenvalue weighted by Gasteiger charge is 2.53. The highest BCUT2D eigenvalue weighted by atomic mass is 19.3. The molecule has 0 radical (unpaired) electrons. The maximum absolute atomic E-state index is 13.5. The maximum Gasteiger partial charge on any atom is 0.334 e. The number of halogens is 3. The van der Waals surface area contributed by atoms with Crippen LogP contribution >= 0.6 is 0 Å². The van der Waals surface area contributed by atoms with E-state index in [9.17, 15) is 18.0 Å². The van der Waals surface area contributed by atoms with Gasteiger partial charge in [-0.3, -0.25) is 4.79 Å². The van der Waals surface area contributed by atoms with Crippen molar-refractivity contribution in [2.45, 2.75) is 39.2 Å². The van der Waals surface area contributed by atoms with Gasteiger partial charge in [-0.1, -0.05) is 6.92 Å². The molecule has 0 unspecified atom stereocenters. The maximum atomic E-state index is 13.5. The molecule has 0 N–H and O–H groups in total. The molecule has 0 aliphatic carbocycles. The minimum absolute atomic E-state index is 0.0870. The molecule has 15 heavy (non-hydrogen) atoms. The third-order valence-electron chi connectivity index (χ3n) is 2.35. The van der Waals surface area contributed by atoms with Gasteiger partial charge in [-0.05, 0) is 19.4 Å². The van der Waals surface area contributed by atoms with Gasteiger partial charge < -0.3 is 4.74 Å². The SMILES string of the molecule is CC(C)=C(F)C(F)(F)[C@@H]1OC(=O)C[C@H]1C. The molecule has 0 amide bonds. The molecule has 5 heteroatoms. The zero-order valence-corrected chi connectivity index (χ0v) is 8.81. The minimum atomic E-state index is -3.72. The second-order valence-electron chi connectivity index (χ2n) is 4.03. The van der Waals surface area contributed by atoms with E-state index in [1.165, 1.54) is 20.8 Å². The highest BCUT2D eigenvalue weighted by Crippen LogP contribution is 2.40. The number of carbonyl (C=O) groups is 1. The average Bonchev–Trinajstić information content (AvgIpc) is 2.44. The molecule has 0 aromatic carbocycles. The van der Waals surface area contributed by atoms with Crippen molar-refractivity contribution in [3.63, 3.8) is 0 Å². The molecule has 1 saturated heterocycles. The summed E-state index contributed by atoms with van der Waals surface area (Å²) in [7, 11) is 0. The standard InChI is InChI=1S/C10H13F3O2/c1-5(2)8(11)10(12,13)9-6(3)4-7(14)15-9/h6,9H,4H2,1-3H3/t6-,9-/m1/s1. The van der Waals surface area contributed by atoms with Crippen LogP contribution in [0.2, 0.25) is 0 Å². The number of hydrogen-bond donors (Lipinski definition) is 0. The Labute approximate surface area is 86.1 Å². The van der Waals surface area contributed by atoms with E-state index < -0.39 is 29.7 Å². The molecule has 1 aliphatic rings. The summed E-state index contributed by atoms with van der Waals surface area (Å²) in [5.74, 6) is -6.59. The topological polar surface area (TPSA) is 26.3 Å². The monoisotopic (exact) mass is 222 g/mol. The predicted molar refractivity (Wildman–Crippen MR) is 48.1 cm³/mol. The van der Waals surface area contributed by atoms with Crippen molar-refractivity contribution in [1.29, 1.82) is 0 Å². The van der Waals surface area contributed by atoms with Gasteiger partial charge in [0.05, 0.1) is 6.42 Å². The molecule has 0 saturated carbocycles. The fraction of sp³-hybridized carbons (Fsp3) is 0.700. The molecule has 2 nitrogen and oxygen atoms in total. The van der Waals surface area contributed by atoms with Crippen molar-refractivity contribution in [1.82, 2.24) is 0 Å². The Morgan fingerprint density at radius 1 is 1.47 bits per heavy atom. The number of esters is 1. The minimum Gasteiger partial charge on any atom is -0.455 e. The van der Waals surface area contributed by atoms with E-state index in [4.69, 9.17) is 0 Å². The number of ether oxygens (including phenoxy) is 1. The third-order valence-corrected chi connectivity index (χ3v) is 2.35. The molecule has 2 atom stereocenters. The molecule has 0 aromatic rings. The van der Waals surface area contributed by atoms with Gasteiger partial charge in [0.2, 0.25) is 0 Å². The molecule has 1 rings (SSSR count). The van der Waals surface area contributed by atoms with Gasteiger partial charge in [-0.2, -0.15) is 8.78 Å². The summed E-state index contributed by atoms with van der Waals surface area (Å²) in [5.41, 5.74) is -0.102. The summed E-state index contributed by atoms with van der Waals surface area (Å²) < 4.78 is 44.6. The molecule has 1 fully saturated rings. The van der Waals surface area contributed by atoms with Gasteiger partial charge >= 0.3 is 11.9 Å². The van der Waals surface area contributed by atoms with Crippen LogP contribution in [-0.2, 0) is 9.53 Å². The van der Waals surface area contributed by atoms with Crippen LogP contribution in [0.4, 0.5) is 13.2 Å². The lowest BCUT2D eigenvalue weighted by molar-refractivity contribution is -0.158. The molecule has 0 spiro atoms. The van der Waals surface area contributed by atoms with Gasteiger partial charge in [0.15, 0.2) is 11.9 Å². The first-order valence-corrected chi connectivity index (χ1v) is 4.67. The van der Waals surface area contributed by atoms with Crippen LogP contribution in [0.15, 0.2) is 11.4 Å². The normalized spacial score (nSPS) is 26.4. The Morgan fingerprint density at radius 2 is 2.00 bits per heavy atom. The summed E-state index contributed by atoms with van der Waals surface area (Å²) in [4.78, 5) is 10.8. The Morgan fingerprint density at radius 3 is 2.33 bits per heavy atom. The van der Waals surface area contributed by atoms with Crippen LogP contribution in [0.25, 0.3) is 0 Å². The van der Waals surface area contributed by atoms with E-state index in [-0.39, 0.29) is 12.0 Å². The quantitative estimate of drug-likeness (QED) is 0.671. The predicted octanol–water partition coefficient (Wildman–Crippen LogP) is 2.84. The van der Waals surface area contributed by atoms with Crippen molar-refractivity contribution in [3.8, 4) is 0 Å². The Bertz CT molecular complexity index is 306. The summed E-state index contributed by atoms with van der Waals surface area (Å²) in [5, 5.41) is 0. The number of rotatable bonds is 2. The van der Waals surface area contributed by atoms with Crippen LogP contribution in [0.3, 0.4) is 0 Å².